The van der Waals surface area contributed by atoms with Crippen molar-refractivity contribution in [1.82, 2.24) is 15.1 Å². The van der Waals surface area contributed by atoms with Crippen molar-refractivity contribution in [2.45, 2.75) is 13.1 Å². The van der Waals surface area contributed by atoms with E-state index in [0.717, 1.165) is 18.2 Å². The number of nitriles is 1. The van der Waals surface area contributed by atoms with Crippen LogP contribution in [0.1, 0.15) is 23.7 Å². The molecule has 3 rings (SSSR count). The number of rotatable bonds is 6. The summed E-state index contributed by atoms with van der Waals surface area (Å²) in [6.45, 7) is 1.18. The lowest BCUT2D eigenvalue weighted by atomic mass is 10.1. The fourth-order valence-corrected chi connectivity index (χ4v) is 3.17. The number of hydrogen-bond donors (Lipinski definition) is 2. The van der Waals surface area contributed by atoms with Crippen LogP contribution in [0.2, 0.25) is 0 Å². The number of nitrogens with zero attached hydrogens (tertiary/aromatic N) is 3. The van der Waals surface area contributed by atoms with Crippen molar-refractivity contribution in [2.75, 3.05) is 12.4 Å². The van der Waals surface area contributed by atoms with Gasteiger partial charge in [0.25, 0.3) is 5.91 Å². The molecular formula is C23H18F3N5O2. The summed E-state index contributed by atoms with van der Waals surface area (Å²) in [4.78, 5) is 25.4. The van der Waals surface area contributed by atoms with Gasteiger partial charge in [0.1, 0.15) is 5.57 Å². The number of hydrogen-bond acceptors (Lipinski definition) is 5. The monoisotopic (exact) mass is 453 g/mol. The maximum Gasteiger partial charge on any atom is 0.416 e. The van der Waals surface area contributed by atoms with Crippen molar-refractivity contribution < 1.29 is 22.8 Å². The first-order valence-electron chi connectivity index (χ1n) is 9.62. The highest BCUT2D eigenvalue weighted by Crippen LogP contribution is 2.31. The number of carbonyl (C=O) groups excluding carboxylic acids is 2. The molecule has 0 bridgehead atoms. The number of nitrogens with one attached hydrogen (secondary N) is 2. The van der Waals surface area contributed by atoms with E-state index in [2.05, 4.69) is 15.7 Å². The minimum absolute atomic E-state index is 0.107. The average Bonchev–Trinajstić information content (AvgIpc) is 3.26. The summed E-state index contributed by atoms with van der Waals surface area (Å²) in [5.41, 5.74) is 0.196. The maximum atomic E-state index is 13.0. The van der Waals surface area contributed by atoms with Crippen LogP contribution in [-0.4, -0.2) is 28.5 Å². The van der Waals surface area contributed by atoms with Crippen molar-refractivity contribution in [3.05, 3.63) is 83.2 Å². The van der Waals surface area contributed by atoms with Crippen LogP contribution in [0.5, 0.6) is 0 Å². The van der Waals surface area contributed by atoms with Gasteiger partial charge < -0.3 is 10.6 Å². The Morgan fingerprint density at radius 1 is 1.09 bits per heavy atom. The summed E-state index contributed by atoms with van der Waals surface area (Å²) in [5.74, 6) is -1.48. The molecule has 0 unspecified atom stereocenters. The highest BCUT2D eigenvalue weighted by molar-refractivity contribution is 6.27. The Hall–Kier alpha value is -4.39. The summed E-state index contributed by atoms with van der Waals surface area (Å²) in [7, 11) is 1.51. The van der Waals surface area contributed by atoms with E-state index < -0.39 is 23.4 Å². The predicted octanol–water partition coefficient (Wildman–Crippen LogP) is 3.92. The molecule has 10 heteroatoms. The van der Waals surface area contributed by atoms with E-state index in [1.807, 2.05) is 6.07 Å². The summed E-state index contributed by atoms with van der Waals surface area (Å²) in [5, 5.41) is 18.4. The Labute approximate surface area is 187 Å². The Balaban J connectivity index is 2.04. The van der Waals surface area contributed by atoms with Crippen LogP contribution in [0.3, 0.4) is 0 Å². The first-order chi connectivity index (χ1) is 15.7. The van der Waals surface area contributed by atoms with Crippen LogP contribution in [0.15, 0.2) is 66.4 Å². The summed E-state index contributed by atoms with van der Waals surface area (Å²) in [6, 6.07) is 14.2. The number of ketones is 1. The number of halogens is 3. The van der Waals surface area contributed by atoms with Crippen molar-refractivity contribution in [2.24, 2.45) is 0 Å². The first kappa shape index (κ1) is 23.3. The molecule has 2 N–H and O–H groups in total. The number of carbonyl (C=O) groups is 2. The van der Waals surface area contributed by atoms with E-state index in [1.54, 1.807) is 30.3 Å². The van der Waals surface area contributed by atoms with E-state index in [9.17, 15) is 22.8 Å². The van der Waals surface area contributed by atoms with Gasteiger partial charge >= 0.3 is 6.18 Å². The second-order valence-corrected chi connectivity index (χ2v) is 6.88. The fourth-order valence-electron chi connectivity index (χ4n) is 3.17. The molecule has 3 aromatic rings. The molecule has 0 saturated carbocycles. The van der Waals surface area contributed by atoms with E-state index in [-0.39, 0.29) is 17.0 Å². The van der Waals surface area contributed by atoms with Crippen LogP contribution < -0.4 is 10.6 Å². The van der Waals surface area contributed by atoms with Gasteiger partial charge in [-0.3, -0.25) is 9.59 Å². The zero-order valence-electron chi connectivity index (χ0n) is 17.6. The van der Waals surface area contributed by atoms with Crippen LogP contribution in [0.4, 0.5) is 18.9 Å². The van der Waals surface area contributed by atoms with Crippen molar-refractivity contribution >= 4 is 23.1 Å². The van der Waals surface area contributed by atoms with Crippen molar-refractivity contribution in [1.29, 1.82) is 5.26 Å². The van der Waals surface area contributed by atoms with Crippen LogP contribution in [0.25, 0.3) is 11.4 Å². The largest absolute Gasteiger partial charge is 0.416 e. The van der Waals surface area contributed by atoms with Gasteiger partial charge in [0.05, 0.1) is 40.5 Å². The third kappa shape index (κ3) is 5.10. The molecule has 0 aliphatic heterocycles. The normalized spacial score (nSPS) is 11.9. The van der Waals surface area contributed by atoms with Gasteiger partial charge in [-0.05, 0) is 55.5 Å². The SMILES string of the molecule is CN/C(=C(/C(C)=O)C(=O)Nc1cccc(C(F)(F)F)c1)c1ccnn1-c1ccc(C#N)cc1. The maximum absolute atomic E-state index is 13.0. The molecule has 1 aromatic heterocycles. The van der Waals surface area contributed by atoms with Crippen LogP contribution in [0, 0.1) is 11.3 Å². The van der Waals surface area contributed by atoms with E-state index in [0.29, 0.717) is 16.9 Å². The second-order valence-electron chi connectivity index (χ2n) is 6.88. The lowest BCUT2D eigenvalue weighted by Crippen LogP contribution is -2.25. The van der Waals surface area contributed by atoms with Crippen molar-refractivity contribution in [3.63, 3.8) is 0 Å². The molecule has 2 aromatic carbocycles. The molecule has 33 heavy (non-hydrogen) atoms. The molecule has 1 heterocycles. The highest BCUT2D eigenvalue weighted by atomic mass is 19.4. The molecule has 0 spiro atoms. The number of benzene rings is 2. The molecular weight excluding hydrogens is 435 g/mol. The molecule has 0 radical (unpaired) electrons. The second kappa shape index (κ2) is 9.40. The molecule has 0 aliphatic carbocycles. The van der Waals surface area contributed by atoms with E-state index in [4.69, 9.17) is 5.26 Å². The van der Waals surface area contributed by atoms with Crippen molar-refractivity contribution in [3.8, 4) is 11.8 Å². The third-order valence-corrected chi connectivity index (χ3v) is 4.67. The zero-order valence-corrected chi connectivity index (χ0v) is 17.6. The predicted molar refractivity (Wildman–Crippen MR) is 115 cm³/mol. The minimum atomic E-state index is -4.58. The topological polar surface area (TPSA) is 99.8 Å². The number of Topliss-reactive ketones (excluding diaryl/α,β-unsaturated/α-hetero) is 1. The Bertz CT molecular complexity index is 1270. The van der Waals surface area contributed by atoms with Gasteiger partial charge in [-0.1, -0.05) is 6.07 Å². The zero-order chi connectivity index (χ0) is 24.2. The molecule has 0 fully saturated rings. The smallest absolute Gasteiger partial charge is 0.386 e. The van der Waals surface area contributed by atoms with Gasteiger partial charge in [-0.2, -0.15) is 23.5 Å². The Morgan fingerprint density at radius 3 is 2.36 bits per heavy atom. The minimum Gasteiger partial charge on any atom is -0.386 e. The highest BCUT2D eigenvalue weighted by Gasteiger charge is 2.31. The third-order valence-electron chi connectivity index (χ3n) is 4.67. The molecule has 1 amide bonds. The average molecular weight is 453 g/mol. The molecule has 0 atom stereocenters. The molecule has 7 nitrogen and oxygen atoms in total. The van der Waals surface area contributed by atoms with E-state index >= 15 is 0 Å². The van der Waals surface area contributed by atoms with Gasteiger partial charge in [0.15, 0.2) is 5.78 Å². The summed E-state index contributed by atoms with van der Waals surface area (Å²) in [6.07, 6.45) is -3.11. The van der Waals surface area contributed by atoms with Crippen LogP contribution >= 0.6 is 0 Å². The number of alkyl halides is 3. The quantitative estimate of drug-likeness (QED) is 0.335. The summed E-state index contributed by atoms with van der Waals surface area (Å²) >= 11 is 0. The number of anilines is 1. The van der Waals surface area contributed by atoms with Crippen LogP contribution in [-0.2, 0) is 15.8 Å². The van der Waals surface area contributed by atoms with Gasteiger partial charge in [0, 0.05) is 12.7 Å². The van der Waals surface area contributed by atoms with Gasteiger partial charge in [0.2, 0.25) is 0 Å². The summed E-state index contributed by atoms with van der Waals surface area (Å²) < 4.78 is 40.5. The fraction of sp³-hybridized carbons (Fsp3) is 0.130. The number of aromatic nitrogens is 2. The molecule has 168 valence electrons. The molecule has 0 aliphatic rings. The lowest BCUT2D eigenvalue weighted by Gasteiger charge is -2.16. The van der Waals surface area contributed by atoms with Gasteiger partial charge in [-0.25, -0.2) is 4.68 Å². The first-order valence-corrected chi connectivity index (χ1v) is 9.62. The molecule has 0 saturated heterocycles. The number of amides is 1. The standard InChI is InChI=1S/C23H18F3N5O2/c1-14(32)20(22(33)30-17-5-3-4-16(12-17)23(24,25)26)21(28-2)19-10-11-29-31(19)18-8-6-15(13-27)7-9-18/h3-12,28H,1-2H3,(H,30,33)/b21-20-. The Morgan fingerprint density at radius 2 is 1.79 bits per heavy atom. The van der Waals surface area contributed by atoms with Gasteiger partial charge in [-0.15, -0.1) is 0 Å². The van der Waals surface area contributed by atoms with E-state index in [1.165, 1.54) is 30.9 Å². The lowest BCUT2D eigenvalue weighted by molar-refractivity contribution is -0.137. The Kier molecular flexibility index (Phi) is 6.63.